The van der Waals surface area contributed by atoms with Crippen LogP contribution in [0.5, 0.6) is 0 Å². The average Bonchev–Trinajstić information content (AvgIpc) is 1.83. The van der Waals surface area contributed by atoms with Crippen LogP contribution in [-0.2, 0) is 4.79 Å². The number of carbonyl (C=O) groups excluding carboxylic acids is 1. The maximum Gasteiger partial charge on any atom is 0.247 e. The van der Waals surface area contributed by atoms with Crippen molar-refractivity contribution >= 4 is 5.91 Å². The molecule has 0 aromatic carbocycles. The molecule has 3 heteroatoms. The van der Waals surface area contributed by atoms with Crippen molar-refractivity contribution in [1.29, 1.82) is 0 Å². The van der Waals surface area contributed by atoms with Crippen LogP contribution >= 0.6 is 0 Å². The third-order valence-corrected chi connectivity index (χ3v) is 0.507. The van der Waals surface area contributed by atoms with E-state index in [4.69, 9.17) is 5.73 Å². The van der Waals surface area contributed by atoms with Gasteiger partial charge < -0.3 is 11.1 Å². The topological polar surface area (TPSA) is 55.1 Å². The molecule has 0 unspecified atom stereocenters. The Morgan fingerprint density at radius 1 is 1.75 bits per heavy atom. The molecule has 0 aromatic rings. The van der Waals surface area contributed by atoms with Gasteiger partial charge in [-0.25, -0.2) is 0 Å². The van der Waals surface area contributed by atoms with Crippen LogP contribution in [0.4, 0.5) is 0 Å². The zero-order valence-corrected chi connectivity index (χ0v) is 4.42. The van der Waals surface area contributed by atoms with Gasteiger partial charge >= 0.3 is 0 Å². The van der Waals surface area contributed by atoms with Gasteiger partial charge in [0.15, 0.2) is 0 Å². The maximum atomic E-state index is 10.2. The monoisotopic (exact) mass is 112 g/mol. The lowest BCUT2D eigenvalue weighted by atomic mass is 10.6. The van der Waals surface area contributed by atoms with Gasteiger partial charge in [-0.05, 0) is 6.08 Å². The summed E-state index contributed by atoms with van der Waals surface area (Å²) in [6.07, 6.45) is 3.74. The average molecular weight is 112 g/mol. The molecule has 0 atom stereocenters. The van der Waals surface area contributed by atoms with Crippen LogP contribution in [0.1, 0.15) is 0 Å². The number of nitrogens with two attached hydrogens (primary N) is 1. The fourth-order valence-electron chi connectivity index (χ4n) is 0.189. The van der Waals surface area contributed by atoms with E-state index < -0.39 is 0 Å². The number of nitrogens with one attached hydrogen (secondary N) is 1. The molecule has 3 nitrogen and oxygen atoms in total. The number of amides is 1. The summed E-state index contributed by atoms with van der Waals surface area (Å²) in [7, 11) is 0. The van der Waals surface area contributed by atoms with Crippen LogP contribution < -0.4 is 11.1 Å². The van der Waals surface area contributed by atoms with Gasteiger partial charge in [0.25, 0.3) is 0 Å². The highest BCUT2D eigenvalue weighted by molar-refractivity contribution is 5.87. The molecule has 0 aliphatic rings. The maximum absolute atomic E-state index is 10.2. The smallest absolute Gasteiger partial charge is 0.247 e. The van der Waals surface area contributed by atoms with Gasteiger partial charge in [-0.2, -0.15) is 0 Å². The van der Waals surface area contributed by atoms with Crippen molar-refractivity contribution < 1.29 is 4.79 Å². The fourth-order valence-corrected chi connectivity index (χ4v) is 0.189. The fraction of sp³-hybridized carbons (Fsp3) is 0. The van der Waals surface area contributed by atoms with Gasteiger partial charge in [-0.3, -0.25) is 4.79 Å². The third-order valence-electron chi connectivity index (χ3n) is 0.507. The summed E-state index contributed by atoms with van der Waals surface area (Å²) in [6, 6.07) is 0. The van der Waals surface area contributed by atoms with Crippen LogP contribution in [0.2, 0.25) is 0 Å². The van der Waals surface area contributed by atoms with E-state index in [0.29, 0.717) is 0 Å². The molecule has 0 aliphatic heterocycles. The summed E-state index contributed by atoms with van der Waals surface area (Å²) in [5.41, 5.74) is 4.90. The second kappa shape index (κ2) is 3.92. The summed E-state index contributed by atoms with van der Waals surface area (Å²) in [4.78, 5) is 10.2. The molecule has 0 rings (SSSR count). The van der Waals surface area contributed by atoms with Crippen LogP contribution in [0, 0.1) is 0 Å². The van der Waals surface area contributed by atoms with Gasteiger partial charge in [-0.15, -0.1) is 0 Å². The van der Waals surface area contributed by atoms with Gasteiger partial charge in [0.2, 0.25) is 5.91 Å². The summed E-state index contributed by atoms with van der Waals surface area (Å²) < 4.78 is 0. The first-order valence-corrected chi connectivity index (χ1v) is 2.11. The molecule has 0 saturated carbocycles. The van der Waals surface area contributed by atoms with Crippen LogP contribution in [0.25, 0.3) is 0 Å². The first kappa shape index (κ1) is 6.75. The van der Waals surface area contributed by atoms with E-state index in [2.05, 4.69) is 11.9 Å². The summed E-state index contributed by atoms with van der Waals surface area (Å²) >= 11 is 0. The Labute approximate surface area is 47.9 Å². The minimum atomic E-state index is -0.258. The quantitative estimate of drug-likeness (QED) is 0.482. The third kappa shape index (κ3) is 2.96. The number of hydrogen-bond donors (Lipinski definition) is 2. The van der Waals surface area contributed by atoms with Crippen molar-refractivity contribution in [1.82, 2.24) is 5.32 Å². The van der Waals surface area contributed by atoms with Gasteiger partial charge in [0.1, 0.15) is 0 Å². The van der Waals surface area contributed by atoms with E-state index in [0.717, 1.165) is 0 Å². The van der Waals surface area contributed by atoms with Crippen molar-refractivity contribution in [2.24, 2.45) is 5.73 Å². The van der Waals surface area contributed by atoms with Crippen LogP contribution in [0.15, 0.2) is 25.1 Å². The molecule has 44 valence electrons. The summed E-state index contributed by atoms with van der Waals surface area (Å²) in [5.74, 6) is -0.258. The Kier molecular flexibility index (Phi) is 3.31. The predicted molar refractivity (Wildman–Crippen MR) is 31.7 cm³/mol. The highest BCUT2D eigenvalue weighted by atomic mass is 16.1. The molecule has 0 heterocycles. The zero-order valence-electron chi connectivity index (χ0n) is 4.42. The zero-order chi connectivity index (χ0) is 6.41. The van der Waals surface area contributed by atoms with Gasteiger partial charge in [-0.1, -0.05) is 6.58 Å². The van der Waals surface area contributed by atoms with Crippen LogP contribution in [-0.4, -0.2) is 5.91 Å². The Balaban J connectivity index is 3.39. The highest BCUT2D eigenvalue weighted by Gasteiger charge is 1.82. The molecule has 0 radical (unpaired) electrons. The Bertz CT molecular complexity index is 118. The summed E-state index contributed by atoms with van der Waals surface area (Å²) in [6.45, 7) is 3.23. The lowest BCUT2D eigenvalue weighted by molar-refractivity contribution is -0.115. The summed E-state index contributed by atoms with van der Waals surface area (Å²) in [5, 5.41) is 2.32. The molecule has 1 amide bonds. The van der Waals surface area contributed by atoms with E-state index in [1.807, 2.05) is 0 Å². The van der Waals surface area contributed by atoms with Crippen molar-refractivity contribution in [3.8, 4) is 0 Å². The second-order valence-electron chi connectivity index (χ2n) is 1.07. The van der Waals surface area contributed by atoms with Crippen molar-refractivity contribution in [3.63, 3.8) is 0 Å². The van der Waals surface area contributed by atoms with Gasteiger partial charge in [0.05, 0.1) is 0 Å². The molecule has 0 saturated heterocycles. The van der Waals surface area contributed by atoms with E-state index in [9.17, 15) is 4.79 Å². The predicted octanol–water partition coefficient (Wildman–Crippen LogP) is -0.281. The SMILES string of the molecule is C=CC(=O)N/C=C\N. The van der Waals surface area contributed by atoms with Crippen LogP contribution in [0.3, 0.4) is 0 Å². The minimum Gasteiger partial charge on any atom is -0.403 e. The lowest BCUT2D eigenvalue weighted by Gasteiger charge is -1.87. The van der Waals surface area contributed by atoms with E-state index in [1.54, 1.807) is 0 Å². The van der Waals surface area contributed by atoms with Gasteiger partial charge in [0, 0.05) is 12.4 Å². The Hall–Kier alpha value is -1.25. The molecule has 0 aromatic heterocycles. The molecule has 8 heavy (non-hydrogen) atoms. The first-order chi connectivity index (χ1) is 3.81. The molecule has 0 fully saturated rings. The van der Waals surface area contributed by atoms with Crippen molar-refractivity contribution in [2.75, 3.05) is 0 Å². The number of rotatable bonds is 2. The first-order valence-electron chi connectivity index (χ1n) is 2.11. The molecule has 0 aliphatic carbocycles. The molecule has 3 N–H and O–H groups in total. The molecular weight excluding hydrogens is 104 g/mol. The molecular formula is C5H8N2O. The normalized spacial score (nSPS) is 9.00. The highest BCUT2D eigenvalue weighted by Crippen LogP contribution is 1.63. The largest absolute Gasteiger partial charge is 0.403 e. The van der Waals surface area contributed by atoms with Crippen molar-refractivity contribution in [3.05, 3.63) is 25.1 Å². The minimum absolute atomic E-state index is 0.258. The Morgan fingerprint density at radius 2 is 2.38 bits per heavy atom. The van der Waals surface area contributed by atoms with Crippen molar-refractivity contribution in [2.45, 2.75) is 0 Å². The number of carbonyl (C=O) groups is 1. The number of hydrogen-bond acceptors (Lipinski definition) is 2. The standard InChI is InChI=1S/C5H8N2O/c1-2-5(8)7-4-3-6/h2-4H,1,6H2,(H,7,8)/b4-3-. The molecule has 0 spiro atoms. The molecule has 0 bridgehead atoms. The van der Waals surface area contributed by atoms with E-state index in [-0.39, 0.29) is 5.91 Å². The lowest BCUT2D eigenvalue weighted by Crippen LogP contribution is -2.13. The van der Waals surface area contributed by atoms with E-state index >= 15 is 0 Å². The van der Waals surface area contributed by atoms with E-state index in [1.165, 1.54) is 18.5 Å². The Morgan fingerprint density at radius 3 is 2.75 bits per heavy atom. The second-order valence-corrected chi connectivity index (χ2v) is 1.07.